The molecule has 0 amide bonds. The van der Waals surface area contributed by atoms with Gasteiger partial charge in [0.15, 0.2) is 0 Å². The van der Waals surface area contributed by atoms with Crippen LogP contribution < -0.4 is 9.80 Å². The zero-order valence-electron chi connectivity index (χ0n) is 9.78. The summed E-state index contributed by atoms with van der Waals surface area (Å²) >= 11 is 0. The van der Waals surface area contributed by atoms with E-state index in [1.807, 2.05) is 0 Å². The van der Waals surface area contributed by atoms with Gasteiger partial charge in [0.1, 0.15) is 0 Å². The summed E-state index contributed by atoms with van der Waals surface area (Å²) in [5.41, 5.74) is 5.21. The lowest BCUT2D eigenvalue weighted by molar-refractivity contribution is 1.10. The maximum Gasteiger partial charge on any atom is 0.0439 e. The fourth-order valence-electron chi connectivity index (χ4n) is 1.98. The molecule has 0 N–H and O–H groups in total. The molecule has 0 fully saturated rings. The number of allylic oxidation sites excluding steroid dienone is 1. The molecule has 79 valence electrons. The van der Waals surface area contributed by atoms with E-state index >= 15 is 0 Å². The smallest absolute Gasteiger partial charge is 0.0439 e. The molecule has 1 aromatic carbocycles. The summed E-state index contributed by atoms with van der Waals surface area (Å²) < 4.78 is 0. The Labute approximate surface area is 91.8 Å². The third kappa shape index (κ3) is 1.60. The number of fused-ring (bicyclic) bond motifs is 1. The van der Waals surface area contributed by atoms with Crippen LogP contribution in [0.15, 0.2) is 18.2 Å². The van der Waals surface area contributed by atoms with Crippen LogP contribution in [-0.4, -0.2) is 28.2 Å². The van der Waals surface area contributed by atoms with Crippen LogP contribution in [-0.2, 0) is 0 Å². The Kier molecular flexibility index (Phi) is 2.43. The predicted molar refractivity (Wildman–Crippen MR) is 67.5 cm³/mol. The fraction of sp³-hybridized carbons (Fsp3) is 0.308. The van der Waals surface area contributed by atoms with Gasteiger partial charge in [-0.3, -0.25) is 0 Å². The van der Waals surface area contributed by atoms with Gasteiger partial charge in [0.05, 0.1) is 0 Å². The summed E-state index contributed by atoms with van der Waals surface area (Å²) in [7, 11) is 8.32. The van der Waals surface area contributed by atoms with Crippen LogP contribution in [0, 0.1) is 6.42 Å². The first-order chi connectivity index (χ1) is 7.11. The second-order valence-corrected chi connectivity index (χ2v) is 4.25. The first kappa shape index (κ1) is 10.1. The van der Waals surface area contributed by atoms with Crippen molar-refractivity contribution in [2.24, 2.45) is 0 Å². The van der Waals surface area contributed by atoms with Gasteiger partial charge in [0, 0.05) is 51.5 Å². The molecule has 2 nitrogen and oxygen atoms in total. The lowest BCUT2D eigenvalue weighted by Gasteiger charge is -2.22. The van der Waals surface area contributed by atoms with E-state index in [1.165, 1.54) is 22.5 Å². The predicted octanol–water partition coefficient (Wildman–Crippen LogP) is 2.40. The summed E-state index contributed by atoms with van der Waals surface area (Å²) in [6.07, 6.45) is 6.47. The van der Waals surface area contributed by atoms with E-state index in [9.17, 15) is 0 Å². The molecule has 0 spiro atoms. The molecule has 1 radical (unpaired) electrons. The van der Waals surface area contributed by atoms with Crippen LogP contribution in [0.5, 0.6) is 0 Å². The van der Waals surface area contributed by atoms with E-state index in [2.05, 4.69) is 68.7 Å². The monoisotopic (exact) mass is 201 g/mol. The van der Waals surface area contributed by atoms with Crippen molar-refractivity contribution in [2.75, 3.05) is 38.0 Å². The number of rotatable bonds is 2. The molecular weight excluding hydrogens is 184 g/mol. The fourth-order valence-corrected chi connectivity index (χ4v) is 1.98. The van der Waals surface area contributed by atoms with E-state index in [0.717, 1.165) is 0 Å². The first-order valence-corrected chi connectivity index (χ1v) is 5.14. The van der Waals surface area contributed by atoms with Crippen molar-refractivity contribution in [1.29, 1.82) is 0 Å². The molecule has 0 saturated carbocycles. The number of nitrogens with zero attached hydrogens (tertiary/aromatic N) is 2. The van der Waals surface area contributed by atoms with Gasteiger partial charge in [-0.05, 0) is 17.7 Å². The van der Waals surface area contributed by atoms with Crippen LogP contribution in [0.1, 0.15) is 11.1 Å². The molecular formula is C13H17N2. The highest BCUT2D eigenvalue weighted by Crippen LogP contribution is 2.36. The average molecular weight is 201 g/mol. The molecule has 2 rings (SSSR count). The molecule has 0 heterocycles. The molecule has 1 aromatic rings. The van der Waals surface area contributed by atoms with Crippen molar-refractivity contribution in [3.63, 3.8) is 0 Å². The Morgan fingerprint density at radius 3 is 1.87 bits per heavy atom. The van der Waals surface area contributed by atoms with Crippen LogP contribution in [0.2, 0.25) is 0 Å². The minimum absolute atomic E-state index is 1.28. The average Bonchev–Trinajstić information content (AvgIpc) is 2.63. The molecule has 0 saturated heterocycles. The number of benzene rings is 1. The molecule has 0 atom stereocenters. The van der Waals surface area contributed by atoms with Crippen LogP contribution >= 0.6 is 0 Å². The van der Waals surface area contributed by atoms with Gasteiger partial charge in [-0.25, -0.2) is 0 Å². The van der Waals surface area contributed by atoms with E-state index in [0.29, 0.717) is 0 Å². The van der Waals surface area contributed by atoms with Crippen LogP contribution in [0.3, 0.4) is 0 Å². The summed E-state index contributed by atoms with van der Waals surface area (Å²) in [6, 6.07) is 4.36. The topological polar surface area (TPSA) is 6.48 Å². The molecule has 15 heavy (non-hydrogen) atoms. The van der Waals surface area contributed by atoms with Gasteiger partial charge in [-0.1, -0.05) is 12.2 Å². The summed E-state index contributed by atoms with van der Waals surface area (Å²) in [5, 5.41) is 0. The van der Waals surface area contributed by atoms with Crippen molar-refractivity contribution >= 4 is 17.5 Å². The second kappa shape index (κ2) is 3.61. The van der Waals surface area contributed by atoms with Crippen molar-refractivity contribution in [3.8, 4) is 0 Å². The minimum atomic E-state index is 1.28. The second-order valence-electron chi connectivity index (χ2n) is 4.25. The standard InChI is InChI=1S/C13H17N2/c1-14(2)12-8-9-13(15(3)4)11-7-5-6-10(11)12/h5-9H,1-4H3. The lowest BCUT2D eigenvalue weighted by Crippen LogP contribution is -2.14. The largest absolute Gasteiger partial charge is 0.377 e. The summed E-state index contributed by atoms with van der Waals surface area (Å²) in [5.74, 6) is 0. The minimum Gasteiger partial charge on any atom is -0.377 e. The first-order valence-electron chi connectivity index (χ1n) is 5.14. The van der Waals surface area contributed by atoms with E-state index < -0.39 is 0 Å². The van der Waals surface area contributed by atoms with Crippen molar-refractivity contribution in [1.82, 2.24) is 0 Å². The highest BCUT2D eigenvalue weighted by Gasteiger charge is 2.16. The highest BCUT2D eigenvalue weighted by atomic mass is 15.1. The maximum atomic E-state index is 2.18. The van der Waals surface area contributed by atoms with E-state index in [4.69, 9.17) is 0 Å². The van der Waals surface area contributed by atoms with Crippen molar-refractivity contribution < 1.29 is 0 Å². The normalized spacial score (nSPS) is 12.8. The van der Waals surface area contributed by atoms with Gasteiger partial charge < -0.3 is 9.80 Å². The quantitative estimate of drug-likeness (QED) is 0.725. The van der Waals surface area contributed by atoms with Gasteiger partial charge in [-0.15, -0.1) is 0 Å². The van der Waals surface area contributed by atoms with E-state index in [1.54, 1.807) is 0 Å². The number of anilines is 2. The molecule has 2 heteroatoms. The maximum absolute atomic E-state index is 2.18. The number of hydrogen-bond acceptors (Lipinski definition) is 2. The Morgan fingerprint density at radius 2 is 1.33 bits per heavy atom. The Morgan fingerprint density at radius 1 is 0.800 bits per heavy atom. The molecule has 1 aliphatic carbocycles. The molecule has 0 bridgehead atoms. The molecule has 1 aliphatic rings. The van der Waals surface area contributed by atoms with Gasteiger partial charge in [0.2, 0.25) is 0 Å². The highest BCUT2D eigenvalue weighted by molar-refractivity contribution is 5.83. The third-order valence-electron chi connectivity index (χ3n) is 2.73. The van der Waals surface area contributed by atoms with Crippen LogP contribution in [0.25, 0.3) is 6.08 Å². The molecule has 0 aromatic heterocycles. The van der Waals surface area contributed by atoms with Gasteiger partial charge in [-0.2, -0.15) is 0 Å². The van der Waals surface area contributed by atoms with Crippen molar-refractivity contribution in [3.05, 3.63) is 35.8 Å². The Bertz CT molecular complexity index is 403. The van der Waals surface area contributed by atoms with Gasteiger partial charge >= 0.3 is 0 Å². The Hall–Kier alpha value is -1.44. The molecule has 0 aliphatic heterocycles. The van der Waals surface area contributed by atoms with Gasteiger partial charge in [0.25, 0.3) is 0 Å². The Balaban J connectivity index is 2.57. The lowest BCUT2D eigenvalue weighted by atomic mass is 10.0. The van der Waals surface area contributed by atoms with Crippen LogP contribution in [0.4, 0.5) is 11.4 Å². The zero-order valence-corrected chi connectivity index (χ0v) is 9.78. The summed E-state index contributed by atoms with van der Waals surface area (Å²) in [4.78, 5) is 4.31. The van der Waals surface area contributed by atoms with Crippen molar-refractivity contribution in [2.45, 2.75) is 0 Å². The summed E-state index contributed by atoms with van der Waals surface area (Å²) in [6.45, 7) is 0. The SMILES string of the molecule is CN(C)c1ccc(N(C)C)c2c1[CH]C=C2. The van der Waals surface area contributed by atoms with E-state index in [-0.39, 0.29) is 0 Å². The third-order valence-corrected chi connectivity index (χ3v) is 2.73. The molecule has 0 unspecified atom stereocenters. The zero-order chi connectivity index (χ0) is 11.0. The number of hydrogen-bond donors (Lipinski definition) is 0.